The molecule has 0 spiro atoms. The van der Waals surface area contributed by atoms with Crippen molar-refractivity contribution in [2.75, 3.05) is 0 Å². The van der Waals surface area contributed by atoms with Crippen LogP contribution in [0.15, 0.2) is 108 Å². The van der Waals surface area contributed by atoms with Crippen LogP contribution in [0.2, 0.25) is 0 Å². The molecule has 0 bridgehead atoms. The molecule has 0 fully saturated rings. The van der Waals surface area contributed by atoms with Crippen molar-refractivity contribution in [2.24, 2.45) is 0 Å². The Bertz CT molecular complexity index is 1820. The largest absolute Gasteiger partial charge is 0.340 e. The minimum Gasteiger partial charge on any atom is -0.340 e. The van der Waals surface area contributed by atoms with Crippen molar-refractivity contribution < 1.29 is 0 Å². The Hall–Kier alpha value is -4.70. The van der Waals surface area contributed by atoms with Gasteiger partial charge >= 0.3 is 0 Å². The van der Waals surface area contributed by atoms with Crippen molar-refractivity contribution >= 4 is 34.0 Å². The second kappa shape index (κ2) is 9.40. The van der Waals surface area contributed by atoms with Crippen LogP contribution in [0, 0.1) is 13.8 Å². The lowest BCUT2D eigenvalue weighted by Gasteiger charge is -2.12. The summed E-state index contributed by atoms with van der Waals surface area (Å²) in [6.45, 7) is 4.99. The van der Waals surface area contributed by atoms with Crippen LogP contribution in [0.4, 0.5) is 0 Å². The average molecular weight is 482 g/mol. The van der Waals surface area contributed by atoms with Crippen molar-refractivity contribution in [3.8, 4) is 5.69 Å². The molecule has 2 heterocycles. The summed E-state index contributed by atoms with van der Waals surface area (Å²) in [7, 11) is 0. The van der Waals surface area contributed by atoms with Gasteiger partial charge in [0.15, 0.2) is 0 Å². The standard InChI is InChI=1S/C33H27N3O/c1-23-16-18-26(19-17-23)36-32(34-30-14-8-6-13-29(30)33(36)37)21-20-27-24(2)35(22-25-10-4-3-5-11-25)31-15-9-7-12-28(27)31/h3-21H,22H2,1-2H3. The van der Waals surface area contributed by atoms with E-state index in [0.29, 0.717) is 16.7 Å². The molecular weight excluding hydrogens is 454 g/mol. The Morgan fingerprint density at radius 1 is 0.730 bits per heavy atom. The lowest BCUT2D eigenvalue weighted by Crippen LogP contribution is -2.22. The summed E-state index contributed by atoms with van der Waals surface area (Å²) in [5, 5.41) is 1.79. The molecule has 0 atom stereocenters. The minimum absolute atomic E-state index is 0.0719. The first kappa shape index (κ1) is 22.7. The van der Waals surface area contributed by atoms with Gasteiger partial charge in [-0.15, -0.1) is 0 Å². The molecule has 4 aromatic carbocycles. The Morgan fingerprint density at radius 3 is 2.19 bits per heavy atom. The van der Waals surface area contributed by atoms with Crippen molar-refractivity contribution in [1.82, 2.24) is 14.1 Å². The molecule has 6 aromatic rings. The van der Waals surface area contributed by atoms with Gasteiger partial charge in [-0.3, -0.25) is 9.36 Å². The zero-order chi connectivity index (χ0) is 25.4. The topological polar surface area (TPSA) is 39.8 Å². The van der Waals surface area contributed by atoms with Gasteiger partial charge in [0.1, 0.15) is 5.82 Å². The molecule has 37 heavy (non-hydrogen) atoms. The monoisotopic (exact) mass is 481 g/mol. The van der Waals surface area contributed by atoms with Gasteiger partial charge in [0.2, 0.25) is 0 Å². The maximum absolute atomic E-state index is 13.6. The van der Waals surface area contributed by atoms with Crippen molar-refractivity contribution in [3.63, 3.8) is 0 Å². The molecule has 180 valence electrons. The summed E-state index contributed by atoms with van der Waals surface area (Å²) in [6.07, 6.45) is 4.07. The second-order valence-electron chi connectivity index (χ2n) is 9.38. The first-order valence-corrected chi connectivity index (χ1v) is 12.5. The Kier molecular flexibility index (Phi) is 5.78. The van der Waals surface area contributed by atoms with Crippen LogP contribution in [-0.4, -0.2) is 14.1 Å². The SMILES string of the molecule is Cc1ccc(-n2c(C=Cc3c(C)n(Cc4ccccc4)c4ccccc34)nc3ccccc3c2=O)cc1. The maximum atomic E-state index is 13.6. The number of benzene rings is 4. The van der Waals surface area contributed by atoms with Gasteiger partial charge in [-0.1, -0.05) is 78.4 Å². The summed E-state index contributed by atoms with van der Waals surface area (Å²) in [4.78, 5) is 18.5. The van der Waals surface area contributed by atoms with Gasteiger partial charge in [0, 0.05) is 28.7 Å². The van der Waals surface area contributed by atoms with E-state index in [9.17, 15) is 4.79 Å². The Labute approximate surface area is 215 Å². The van der Waals surface area contributed by atoms with Crippen molar-refractivity contribution in [3.05, 3.63) is 142 Å². The predicted molar refractivity (Wildman–Crippen MR) is 153 cm³/mol. The summed E-state index contributed by atoms with van der Waals surface area (Å²) in [6, 6.07) is 34.5. The fraction of sp³-hybridized carbons (Fsp3) is 0.0909. The number of fused-ring (bicyclic) bond motifs is 2. The van der Waals surface area contributed by atoms with Crippen LogP contribution < -0.4 is 5.56 Å². The van der Waals surface area contributed by atoms with E-state index in [1.807, 2.05) is 67.6 Å². The molecular formula is C33H27N3O. The molecule has 0 unspecified atom stereocenters. The van der Waals surface area contributed by atoms with Gasteiger partial charge < -0.3 is 4.57 Å². The fourth-order valence-corrected chi connectivity index (χ4v) is 5.00. The van der Waals surface area contributed by atoms with Gasteiger partial charge in [-0.05, 0) is 61.9 Å². The molecule has 0 aliphatic rings. The van der Waals surface area contributed by atoms with E-state index in [1.165, 1.54) is 22.2 Å². The van der Waals surface area contributed by atoms with Crippen LogP contribution in [-0.2, 0) is 6.54 Å². The number of aromatic nitrogens is 3. The highest BCUT2D eigenvalue weighted by atomic mass is 16.1. The van der Waals surface area contributed by atoms with Gasteiger partial charge in [-0.25, -0.2) is 4.98 Å². The van der Waals surface area contributed by atoms with Gasteiger partial charge in [0.25, 0.3) is 5.56 Å². The zero-order valence-corrected chi connectivity index (χ0v) is 20.9. The molecule has 0 aliphatic heterocycles. The van der Waals surface area contributed by atoms with E-state index in [-0.39, 0.29) is 5.56 Å². The summed E-state index contributed by atoms with van der Waals surface area (Å²) < 4.78 is 4.06. The summed E-state index contributed by atoms with van der Waals surface area (Å²) >= 11 is 0. The van der Waals surface area contributed by atoms with Crippen molar-refractivity contribution in [1.29, 1.82) is 0 Å². The number of para-hydroxylation sites is 2. The fourth-order valence-electron chi connectivity index (χ4n) is 5.00. The molecule has 0 aliphatic carbocycles. The lowest BCUT2D eigenvalue weighted by atomic mass is 10.1. The summed E-state index contributed by atoms with van der Waals surface area (Å²) in [5.74, 6) is 0.604. The molecule has 0 saturated carbocycles. The van der Waals surface area contributed by atoms with Crippen LogP contribution in [0.3, 0.4) is 0 Å². The van der Waals surface area contributed by atoms with E-state index in [0.717, 1.165) is 23.4 Å². The third-order valence-corrected chi connectivity index (χ3v) is 6.96. The van der Waals surface area contributed by atoms with E-state index < -0.39 is 0 Å². The van der Waals surface area contributed by atoms with Crippen LogP contribution in [0.25, 0.3) is 39.6 Å². The number of aryl methyl sites for hydroxylation is 1. The molecule has 0 radical (unpaired) electrons. The summed E-state index contributed by atoms with van der Waals surface area (Å²) in [5.41, 5.74) is 7.31. The Morgan fingerprint density at radius 2 is 1.41 bits per heavy atom. The highest BCUT2D eigenvalue weighted by Gasteiger charge is 2.14. The molecule has 4 nitrogen and oxygen atoms in total. The number of nitrogens with zero attached hydrogens (tertiary/aromatic N) is 3. The van der Waals surface area contributed by atoms with Crippen molar-refractivity contribution in [2.45, 2.75) is 20.4 Å². The van der Waals surface area contributed by atoms with E-state index >= 15 is 0 Å². The molecule has 2 aromatic heterocycles. The number of rotatable bonds is 5. The van der Waals surface area contributed by atoms with Gasteiger partial charge in [-0.2, -0.15) is 0 Å². The van der Waals surface area contributed by atoms with E-state index in [2.05, 4.69) is 66.1 Å². The molecule has 0 amide bonds. The zero-order valence-electron chi connectivity index (χ0n) is 20.9. The predicted octanol–water partition coefficient (Wildman–Crippen LogP) is 7.18. The Balaban J connectivity index is 1.52. The lowest BCUT2D eigenvalue weighted by molar-refractivity contribution is 0.804. The van der Waals surface area contributed by atoms with Crippen LogP contribution in [0.5, 0.6) is 0 Å². The smallest absolute Gasteiger partial charge is 0.266 e. The molecule has 4 heteroatoms. The first-order valence-electron chi connectivity index (χ1n) is 12.5. The van der Waals surface area contributed by atoms with Crippen LogP contribution in [0.1, 0.15) is 28.2 Å². The highest BCUT2D eigenvalue weighted by Crippen LogP contribution is 2.29. The highest BCUT2D eigenvalue weighted by molar-refractivity contribution is 5.94. The number of hydrogen-bond acceptors (Lipinski definition) is 2. The molecule has 6 rings (SSSR count). The average Bonchev–Trinajstić information content (AvgIpc) is 3.19. The third kappa shape index (κ3) is 4.17. The molecule has 0 saturated heterocycles. The maximum Gasteiger partial charge on any atom is 0.266 e. The number of hydrogen-bond donors (Lipinski definition) is 0. The van der Waals surface area contributed by atoms with Crippen LogP contribution >= 0.6 is 0 Å². The van der Waals surface area contributed by atoms with E-state index in [4.69, 9.17) is 4.98 Å². The molecule has 0 N–H and O–H groups in total. The quantitative estimate of drug-likeness (QED) is 0.262. The second-order valence-corrected chi connectivity index (χ2v) is 9.38. The first-order chi connectivity index (χ1) is 18.1. The third-order valence-electron chi connectivity index (χ3n) is 6.96. The van der Waals surface area contributed by atoms with E-state index in [1.54, 1.807) is 4.57 Å². The minimum atomic E-state index is -0.0719. The van der Waals surface area contributed by atoms with Gasteiger partial charge in [0.05, 0.1) is 16.6 Å². The normalized spacial score (nSPS) is 11.6.